The van der Waals surface area contributed by atoms with Gasteiger partial charge in [-0.2, -0.15) is 0 Å². The lowest BCUT2D eigenvalue weighted by Gasteiger charge is -2.30. The summed E-state index contributed by atoms with van der Waals surface area (Å²) in [5.41, 5.74) is 1.83. The largest absolute Gasteiger partial charge is 0.343 e. The van der Waals surface area contributed by atoms with Gasteiger partial charge in [0.25, 0.3) is 0 Å². The predicted molar refractivity (Wildman–Crippen MR) is 89.0 cm³/mol. The molecule has 0 bridgehead atoms. The third kappa shape index (κ3) is 3.75. The fourth-order valence-electron chi connectivity index (χ4n) is 2.53. The molecule has 2 N–H and O–H groups in total. The first-order chi connectivity index (χ1) is 10.0. The molecule has 1 aromatic rings. The summed E-state index contributed by atoms with van der Waals surface area (Å²) in [6.45, 7) is 3.65. The van der Waals surface area contributed by atoms with Crippen LogP contribution in [0.4, 0.5) is 10.5 Å². The molecule has 21 heavy (non-hydrogen) atoms. The quantitative estimate of drug-likeness (QED) is 0.601. The van der Waals surface area contributed by atoms with E-state index < -0.39 is 0 Å². The van der Waals surface area contributed by atoms with Crippen molar-refractivity contribution < 1.29 is 4.79 Å². The Morgan fingerprint density at radius 1 is 1.33 bits per heavy atom. The Hall–Kier alpha value is -1.56. The Kier molecular flexibility index (Phi) is 5.22. The fraction of sp³-hybridized carbons (Fsp3) is 0.467. The lowest BCUT2D eigenvalue weighted by molar-refractivity contribution is 0.249. The van der Waals surface area contributed by atoms with Crippen molar-refractivity contribution in [2.45, 2.75) is 26.2 Å². The molecule has 6 heteroatoms. The fourth-order valence-corrected chi connectivity index (χ4v) is 3.26. The second kappa shape index (κ2) is 6.93. The van der Waals surface area contributed by atoms with Crippen LogP contribution >= 0.6 is 15.9 Å². The highest BCUT2D eigenvalue weighted by Gasteiger charge is 2.20. The second-order valence-corrected chi connectivity index (χ2v) is 6.15. The number of carbonyl (C=O) groups is 1. The van der Waals surface area contributed by atoms with E-state index in [0.29, 0.717) is 0 Å². The second-order valence-electron chi connectivity index (χ2n) is 5.29. The van der Waals surface area contributed by atoms with Crippen LogP contribution in [0.3, 0.4) is 0 Å². The number of guanidine groups is 1. The number of aryl methyl sites for hydroxylation is 1. The Bertz CT molecular complexity index is 520. The molecular formula is C15H21BrN4O. The van der Waals surface area contributed by atoms with Gasteiger partial charge in [-0.25, -0.2) is 4.79 Å². The van der Waals surface area contributed by atoms with E-state index in [1.807, 2.05) is 30.0 Å². The molecule has 1 aromatic carbocycles. The zero-order valence-electron chi connectivity index (χ0n) is 12.4. The Morgan fingerprint density at radius 3 is 2.62 bits per heavy atom. The van der Waals surface area contributed by atoms with E-state index in [2.05, 4.69) is 21.2 Å². The highest BCUT2D eigenvalue weighted by molar-refractivity contribution is 9.10. The number of urea groups is 1. The molecule has 0 saturated carbocycles. The first kappa shape index (κ1) is 15.8. The van der Waals surface area contributed by atoms with Crippen LogP contribution < -0.4 is 10.2 Å². The maximum absolute atomic E-state index is 12.3. The van der Waals surface area contributed by atoms with Gasteiger partial charge in [0, 0.05) is 24.6 Å². The lowest BCUT2D eigenvalue weighted by Crippen LogP contribution is -2.49. The maximum atomic E-state index is 12.3. The number of carbonyl (C=O) groups excluding carboxylic acids is 1. The number of hydrogen-bond donors (Lipinski definition) is 2. The molecule has 0 radical (unpaired) electrons. The molecule has 1 fully saturated rings. The number of benzene rings is 1. The summed E-state index contributed by atoms with van der Waals surface area (Å²) >= 11 is 3.47. The molecule has 1 aliphatic heterocycles. The minimum atomic E-state index is -0.291. The summed E-state index contributed by atoms with van der Waals surface area (Å²) in [5.74, 6) is 0.191. The topological polar surface area (TPSA) is 59.4 Å². The van der Waals surface area contributed by atoms with Gasteiger partial charge in [-0.3, -0.25) is 15.6 Å². The predicted octanol–water partition coefficient (Wildman–Crippen LogP) is 3.32. The van der Waals surface area contributed by atoms with Crippen LogP contribution in [0, 0.1) is 12.3 Å². The summed E-state index contributed by atoms with van der Waals surface area (Å²) in [6, 6.07) is 5.51. The maximum Gasteiger partial charge on any atom is 0.328 e. The molecule has 0 aromatic heterocycles. The van der Waals surface area contributed by atoms with Crippen molar-refractivity contribution in [3.05, 3.63) is 28.2 Å². The van der Waals surface area contributed by atoms with Crippen molar-refractivity contribution in [2.75, 3.05) is 25.0 Å². The third-order valence-electron chi connectivity index (χ3n) is 3.73. The molecule has 1 saturated heterocycles. The molecule has 0 spiro atoms. The van der Waals surface area contributed by atoms with Crippen molar-refractivity contribution >= 4 is 33.6 Å². The van der Waals surface area contributed by atoms with E-state index in [1.165, 1.54) is 11.3 Å². The number of piperidine rings is 1. The molecule has 5 nitrogen and oxygen atoms in total. The van der Waals surface area contributed by atoms with Gasteiger partial charge in [0.15, 0.2) is 5.96 Å². The van der Waals surface area contributed by atoms with Crippen molar-refractivity contribution in [3.63, 3.8) is 0 Å². The van der Waals surface area contributed by atoms with Gasteiger partial charge in [-0.1, -0.05) is 12.1 Å². The standard InChI is InChI=1S/C15H21BrN4O/c1-11-7-6-8-12(16)13(11)19(2)15(21)18-14(17)20-9-4-3-5-10-20/h6-8H,3-5,9-10H2,1-2H3,(H2,17,18,21). The Balaban J connectivity index is 2.04. The Labute approximate surface area is 133 Å². The molecule has 0 atom stereocenters. The number of anilines is 1. The van der Waals surface area contributed by atoms with Crippen molar-refractivity contribution in [1.82, 2.24) is 10.2 Å². The third-order valence-corrected chi connectivity index (χ3v) is 4.37. The van der Waals surface area contributed by atoms with Crippen LogP contribution in [0.25, 0.3) is 0 Å². The summed E-state index contributed by atoms with van der Waals surface area (Å²) in [6.07, 6.45) is 3.36. The normalized spacial score (nSPS) is 14.7. The minimum absolute atomic E-state index is 0.191. The molecule has 1 aliphatic rings. The molecular weight excluding hydrogens is 332 g/mol. The van der Waals surface area contributed by atoms with E-state index in [-0.39, 0.29) is 12.0 Å². The van der Waals surface area contributed by atoms with Crippen molar-refractivity contribution in [2.24, 2.45) is 0 Å². The van der Waals surface area contributed by atoms with Crippen LogP contribution in [0.2, 0.25) is 0 Å². The smallest absolute Gasteiger partial charge is 0.328 e. The Morgan fingerprint density at radius 2 is 2.00 bits per heavy atom. The first-order valence-corrected chi connectivity index (χ1v) is 7.93. The number of nitrogens with zero attached hydrogens (tertiary/aromatic N) is 2. The summed E-state index contributed by atoms with van der Waals surface area (Å²) < 4.78 is 0.865. The number of rotatable bonds is 1. The van der Waals surface area contributed by atoms with Gasteiger partial charge < -0.3 is 4.90 Å². The van der Waals surface area contributed by atoms with Crippen LogP contribution in [0.5, 0.6) is 0 Å². The monoisotopic (exact) mass is 352 g/mol. The first-order valence-electron chi connectivity index (χ1n) is 7.14. The summed E-state index contributed by atoms with van der Waals surface area (Å²) in [4.78, 5) is 15.8. The van der Waals surface area contributed by atoms with Gasteiger partial charge in [-0.15, -0.1) is 0 Å². The van der Waals surface area contributed by atoms with E-state index in [0.717, 1.165) is 41.7 Å². The van der Waals surface area contributed by atoms with E-state index in [4.69, 9.17) is 5.41 Å². The van der Waals surface area contributed by atoms with Gasteiger partial charge >= 0.3 is 6.03 Å². The zero-order chi connectivity index (χ0) is 15.4. The molecule has 2 amide bonds. The van der Waals surface area contributed by atoms with E-state index >= 15 is 0 Å². The molecule has 0 unspecified atom stereocenters. The number of amides is 2. The average molecular weight is 353 g/mol. The molecule has 114 valence electrons. The highest BCUT2D eigenvalue weighted by atomic mass is 79.9. The van der Waals surface area contributed by atoms with Crippen LogP contribution in [-0.4, -0.2) is 37.0 Å². The number of likely N-dealkylation sites (tertiary alicyclic amines) is 1. The van der Waals surface area contributed by atoms with Gasteiger partial charge in [0.2, 0.25) is 0 Å². The van der Waals surface area contributed by atoms with Crippen molar-refractivity contribution in [1.29, 1.82) is 5.41 Å². The van der Waals surface area contributed by atoms with Crippen molar-refractivity contribution in [3.8, 4) is 0 Å². The molecule has 2 rings (SSSR count). The van der Waals surface area contributed by atoms with E-state index in [9.17, 15) is 4.79 Å². The number of hydrogen-bond acceptors (Lipinski definition) is 2. The average Bonchev–Trinajstić information content (AvgIpc) is 2.47. The molecule has 0 aliphatic carbocycles. The van der Waals surface area contributed by atoms with E-state index in [1.54, 1.807) is 7.05 Å². The number of para-hydroxylation sites is 1. The summed E-state index contributed by atoms with van der Waals surface area (Å²) in [5, 5.41) is 10.7. The highest BCUT2D eigenvalue weighted by Crippen LogP contribution is 2.28. The van der Waals surface area contributed by atoms with Gasteiger partial charge in [0.1, 0.15) is 0 Å². The van der Waals surface area contributed by atoms with Gasteiger partial charge in [0.05, 0.1) is 5.69 Å². The zero-order valence-corrected chi connectivity index (χ0v) is 14.0. The van der Waals surface area contributed by atoms with Crippen LogP contribution in [-0.2, 0) is 0 Å². The SMILES string of the molecule is Cc1cccc(Br)c1N(C)C(=O)NC(=N)N1CCCCC1. The van der Waals surface area contributed by atoms with Crippen LogP contribution in [0.15, 0.2) is 22.7 Å². The minimum Gasteiger partial charge on any atom is -0.343 e. The van der Waals surface area contributed by atoms with Gasteiger partial charge in [-0.05, 0) is 53.7 Å². The number of nitrogens with one attached hydrogen (secondary N) is 2. The lowest BCUT2D eigenvalue weighted by atomic mass is 10.1. The summed E-state index contributed by atoms with van der Waals surface area (Å²) in [7, 11) is 1.71. The molecule has 1 heterocycles. The van der Waals surface area contributed by atoms with Crippen LogP contribution in [0.1, 0.15) is 24.8 Å². The number of halogens is 1.